The molecule has 0 saturated heterocycles. The first-order valence-corrected chi connectivity index (χ1v) is 7.14. The normalized spacial score (nSPS) is 11.7. The van der Waals surface area contributed by atoms with E-state index in [-0.39, 0.29) is 30.5 Å². The maximum absolute atomic E-state index is 12.0. The van der Waals surface area contributed by atoms with Crippen LogP contribution in [-0.4, -0.2) is 31.6 Å². The van der Waals surface area contributed by atoms with Gasteiger partial charge in [0.1, 0.15) is 5.75 Å². The van der Waals surface area contributed by atoms with Crippen LogP contribution < -0.4 is 15.4 Å². The van der Waals surface area contributed by atoms with E-state index in [9.17, 15) is 4.79 Å². The molecule has 1 aromatic rings. The van der Waals surface area contributed by atoms with Gasteiger partial charge in [-0.15, -0.1) is 12.4 Å². The summed E-state index contributed by atoms with van der Waals surface area (Å²) in [7, 11) is 1.87. The van der Waals surface area contributed by atoms with Crippen molar-refractivity contribution in [1.29, 1.82) is 0 Å². The van der Waals surface area contributed by atoms with Crippen LogP contribution in [0.4, 0.5) is 0 Å². The minimum absolute atomic E-state index is 0. The van der Waals surface area contributed by atoms with Crippen LogP contribution in [0.3, 0.4) is 0 Å². The standard InChI is InChI=1S/C14H21BrN2O2.ClH/c1-9(2)19-13-6-11(5-12(15)7-13)14(18)17-8-10(3)16-4;/h5-7,9-10,16H,8H2,1-4H3,(H,17,18);1H. The summed E-state index contributed by atoms with van der Waals surface area (Å²) in [6.07, 6.45) is 0.0783. The van der Waals surface area contributed by atoms with E-state index in [1.54, 1.807) is 12.1 Å². The molecular formula is C14H22BrClN2O2. The average molecular weight is 366 g/mol. The Bertz CT molecular complexity index is 441. The molecule has 1 atom stereocenters. The van der Waals surface area contributed by atoms with Crippen LogP contribution >= 0.6 is 28.3 Å². The molecule has 0 aliphatic heterocycles. The lowest BCUT2D eigenvalue weighted by molar-refractivity contribution is 0.0949. The second kappa shape index (κ2) is 9.21. The zero-order chi connectivity index (χ0) is 14.4. The molecule has 4 nitrogen and oxygen atoms in total. The fourth-order valence-corrected chi connectivity index (χ4v) is 1.96. The zero-order valence-corrected chi connectivity index (χ0v) is 14.6. The predicted octanol–water partition coefficient (Wildman–Crippen LogP) is 3.00. The van der Waals surface area contributed by atoms with Crippen molar-refractivity contribution in [3.63, 3.8) is 0 Å². The second-order valence-corrected chi connectivity index (χ2v) is 5.66. The summed E-state index contributed by atoms with van der Waals surface area (Å²) in [5, 5.41) is 5.95. The lowest BCUT2D eigenvalue weighted by atomic mass is 10.2. The summed E-state index contributed by atoms with van der Waals surface area (Å²) in [6, 6.07) is 5.63. The minimum atomic E-state index is -0.1000. The fourth-order valence-electron chi connectivity index (χ4n) is 1.48. The number of hydrogen-bond donors (Lipinski definition) is 2. The molecule has 0 bridgehead atoms. The molecule has 0 aliphatic carbocycles. The maximum atomic E-state index is 12.0. The number of amides is 1. The number of hydrogen-bond acceptors (Lipinski definition) is 3. The first-order valence-electron chi connectivity index (χ1n) is 6.35. The largest absolute Gasteiger partial charge is 0.491 e. The molecule has 0 aromatic heterocycles. The van der Waals surface area contributed by atoms with Crippen molar-refractivity contribution in [2.24, 2.45) is 0 Å². The molecule has 0 saturated carbocycles. The van der Waals surface area contributed by atoms with Crippen molar-refractivity contribution in [3.05, 3.63) is 28.2 Å². The van der Waals surface area contributed by atoms with Crippen LogP contribution in [-0.2, 0) is 0 Å². The van der Waals surface area contributed by atoms with E-state index in [1.165, 1.54) is 0 Å². The number of halogens is 2. The van der Waals surface area contributed by atoms with Crippen molar-refractivity contribution in [3.8, 4) is 5.75 Å². The third kappa shape index (κ3) is 6.59. The molecule has 1 rings (SSSR count). The number of benzene rings is 1. The Labute approximate surface area is 135 Å². The van der Waals surface area contributed by atoms with Crippen molar-refractivity contribution < 1.29 is 9.53 Å². The van der Waals surface area contributed by atoms with Crippen molar-refractivity contribution in [2.75, 3.05) is 13.6 Å². The number of carbonyl (C=O) groups excluding carboxylic acids is 1. The highest BCUT2D eigenvalue weighted by molar-refractivity contribution is 9.10. The molecule has 0 radical (unpaired) electrons. The van der Waals surface area contributed by atoms with Gasteiger partial charge in [-0.3, -0.25) is 4.79 Å². The molecule has 1 aromatic carbocycles. The van der Waals surface area contributed by atoms with E-state index < -0.39 is 0 Å². The van der Waals surface area contributed by atoms with Gasteiger partial charge in [-0.05, 0) is 46.0 Å². The molecule has 0 heterocycles. The van der Waals surface area contributed by atoms with Gasteiger partial charge in [0.25, 0.3) is 5.91 Å². The summed E-state index contributed by atoms with van der Waals surface area (Å²) < 4.78 is 6.44. The van der Waals surface area contributed by atoms with Gasteiger partial charge < -0.3 is 15.4 Å². The summed E-state index contributed by atoms with van der Waals surface area (Å²) in [5.74, 6) is 0.591. The lowest BCUT2D eigenvalue weighted by Gasteiger charge is -2.14. The molecule has 20 heavy (non-hydrogen) atoms. The van der Waals surface area contributed by atoms with Crippen LogP contribution in [0.25, 0.3) is 0 Å². The van der Waals surface area contributed by atoms with Crippen molar-refractivity contribution in [2.45, 2.75) is 32.9 Å². The lowest BCUT2D eigenvalue weighted by Crippen LogP contribution is -2.37. The van der Waals surface area contributed by atoms with E-state index in [0.29, 0.717) is 17.9 Å². The summed E-state index contributed by atoms with van der Waals surface area (Å²) in [4.78, 5) is 12.0. The molecule has 0 aliphatic rings. The topological polar surface area (TPSA) is 50.4 Å². The number of ether oxygens (including phenoxy) is 1. The Kier molecular flexibility index (Phi) is 8.85. The number of nitrogens with one attached hydrogen (secondary N) is 2. The summed E-state index contributed by atoms with van der Waals surface area (Å²) in [5.41, 5.74) is 0.591. The maximum Gasteiger partial charge on any atom is 0.251 e. The van der Waals surface area contributed by atoms with Crippen LogP contribution in [0.2, 0.25) is 0 Å². The third-order valence-electron chi connectivity index (χ3n) is 2.57. The second-order valence-electron chi connectivity index (χ2n) is 4.74. The van der Waals surface area contributed by atoms with Gasteiger partial charge in [-0.2, -0.15) is 0 Å². The third-order valence-corrected chi connectivity index (χ3v) is 3.02. The molecule has 114 valence electrons. The Balaban J connectivity index is 0.00000361. The number of likely N-dealkylation sites (N-methyl/N-ethyl adjacent to an activating group) is 1. The van der Waals surface area contributed by atoms with Gasteiger partial charge in [-0.25, -0.2) is 0 Å². The highest BCUT2D eigenvalue weighted by Crippen LogP contribution is 2.22. The molecular weight excluding hydrogens is 344 g/mol. The van der Waals surface area contributed by atoms with Gasteiger partial charge in [0.2, 0.25) is 0 Å². The Morgan fingerprint density at radius 1 is 1.30 bits per heavy atom. The first kappa shape index (κ1) is 19.2. The smallest absolute Gasteiger partial charge is 0.251 e. The van der Waals surface area contributed by atoms with E-state index in [2.05, 4.69) is 26.6 Å². The molecule has 1 amide bonds. The van der Waals surface area contributed by atoms with Crippen LogP contribution in [0.1, 0.15) is 31.1 Å². The molecule has 1 unspecified atom stereocenters. The van der Waals surface area contributed by atoms with Crippen LogP contribution in [0, 0.1) is 0 Å². The quantitative estimate of drug-likeness (QED) is 0.815. The van der Waals surface area contributed by atoms with Crippen LogP contribution in [0.15, 0.2) is 22.7 Å². The SMILES string of the molecule is CNC(C)CNC(=O)c1cc(Br)cc(OC(C)C)c1.Cl. The fraction of sp³-hybridized carbons (Fsp3) is 0.500. The van der Waals surface area contributed by atoms with Gasteiger partial charge in [0, 0.05) is 22.6 Å². The zero-order valence-electron chi connectivity index (χ0n) is 12.2. The Morgan fingerprint density at radius 2 is 1.95 bits per heavy atom. The molecule has 2 N–H and O–H groups in total. The highest BCUT2D eigenvalue weighted by Gasteiger charge is 2.10. The van der Waals surface area contributed by atoms with Crippen molar-refractivity contribution >= 4 is 34.2 Å². The molecule has 0 fully saturated rings. The number of rotatable bonds is 6. The monoisotopic (exact) mass is 364 g/mol. The van der Waals surface area contributed by atoms with Crippen LogP contribution in [0.5, 0.6) is 5.75 Å². The Hall–Kier alpha value is -0.780. The first-order chi connectivity index (χ1) is 8.92. The number of carbonyl (C=O) groups is 1. The summed E-state index contributed by atoms with van der Waals surface area (Å²) >= 11 is 3.39. The molecule has 6 heteroatoms. The van der Waals surface area contributed by atoms with Gasteiger partial charge in [-0.1, -0.05) is 15.9 Å². The van der Waals surface area contributed by atoms with E-state index in [1.807, 2.05) is 33.9 Å². The predicted molar refractivity (Wildman–Crippen MR) is 88.0 cm³/mol. The van der Waals surface area contributed by atoms with E-state index in [4.69, 9.17) is 4.74 Å². The van der Waals surface area contributed by atoms with E-state index in [0.717, 1.165) is 4.47 Å². The molecule has 0 spiro atoms. The van der Waals surface area contributed by atoms with Gasteiger partial charge >= 0.3 is 0 Å². The minimum Gasteiger partial charge on any atom is -0.491 e. The highest BCUT2D eigenvalue weighted by atomic mass is 79.9. The Morgan fingerprint density at radius 3 is 2.50 bits per heavy atom. The van der Waals surface area contributed by atoms with Crippen molar-refractivity contribution in [1.82, 2.24) is 10.6 Å². The summed E-state index contributed by atoms with van der Waals surface area (Å²) in [6.45, 7) is 6.50. The van der Waals surface area contributed by atoms with Gasteiger partial charge in [0.05, 0.1) is 6.10 Å². The average Bonchev–Trinajstić information content (AvgIpc) is 2.33. The van der Waals surface area contributed by atoms with Gasteiger partial charge in [0.15, 0.2) is 0 Å². The van der Waals surface area contributed by atoms with E-state index >= 15 is 0 Å².